The van der Waals surface area contributed by atoms with Crippen molar-refractivity contribution in [1.29, 1.82) is 0 Å². The van der Waals surface area contributed by atoms with Gasteiger partial charge in [-0.3, -0.25) is 4.79 Å². The van der Waals surface area contributed by atoms with Crippen LogP contribution in [0.15, 0.2) is 41.0 Å². The quantitative estimate of drug-likeness (QED) is 0.935. The highest BCUT2D eigenvalue weighted by Crippen LogP contribution is 2.22. The number of carbonyl (C=O) groups excluding carboxylic acids is 1. The van der Waals surface area contributed by atoms with E-state index in [1.54, 1.807) is 12.3 Å². The molecule has 2 aromatic rings. The minimum atomic E-state index is -0.153. The molecular weight excluding hydrogens is 318 g/mol. The first-order valence-electron chi connectivity index (χ1n) is 6.19. The number of aromatic nitrogens is 1. The Morgan fingerprint density at radius 3 is 2.60 bits per heavy atom. The van der Waals surface area contributed by atoms with Gasteiger partial charge < -0.3 is 10.2 Å². The molecule has 1 aromatic heterocycles. The molecule has 0 aliphatic rings. The average Bonchev–Trinajstić information content (AvgIpc) is 2.42. The Morgan fingerprint density at radius 2 is 2.00 bits per heavy atom. The second-order valence-corrected chi connectivity index (χ2v) is 5.48. The van der Waals surface area contributed by atoms with Crippen LogP contribution in [0.25, 0.3) is 0 Å². The van der Waals surface area contributed by atoms with Crippen LogP contribution in [0.2, 0.25) is 0 Å². The van der Waals surface area contributed by atoms with Crippen molar-refractivity contribution in [3.05, 3.63) is 52.1 Å². The molecule has 1 aromatic carbocycles. The highest BCUT2D eigenvalue weighted by atomic mass is 79.9. The zero-order chi connectivity index (χ0) is 14.7. The number of halogens is 1. The summed E-state index contributed by atoms with van der Waals surface area (Å²) in [5, 5.41) is 2.84. The molecule has 4 nitrogen and oxygen atoms in total. The molecule has 1 N–H and O–H groups in total. The van der Waals surface area contributed by atoms with E-state index in [0.29, 0.717) is 11.3 Å². The molecule has 0 aliphatic heterocycles. The third-order valence-electron chi connectivity index (χ3n) is 2.90. The van der Waals surface area contributed by atoms with Crippen molar-refractivity contribution in [2.75, 3.05) is 24.3 Å². The number of benzene rings is 1. The van der Waals surface area contributed by atoms with Crippen LogP contribution in [0, 0.1) is 6.92 Å². The van der Waals surface area contributed by atoms with E-state index < -0.39 is 0 Å². The number of nitrogens with one attached hydrogen (secondary N) is 1. The topological polar surface area (TPSA) is 45.2 Å². The molecule has 20 heavy (non-hydrogen) atoms. The second kappa shape index (κ2) is 6.05. The van der Waals surface area contributed by atoms with Gasteiger partial charge in [0.05, 0.1) is 17.4 Å². The van der Waals surface area contributed by atoms with E-state index >= 15 is 0 Å². The Hall–Kier alpha value is -1.88. The number of rotatable bonds is 3. The van der Waals surface area contributed by atoms with Gasteiger partial charge in [0.15, 0.2) is 0 Å². The minimum absolute atomic E-state index is 0.153. The zero-order valence-corrected chi connectivity index (χ0v) is 13.2. The number of hydrogen-bond acceptors (Lipinski definition) is 3. The van der Waals surface area contributed by atoms with Crippen LogP contribution in [0.1, 0.15) is 15.9 Å². The van der Waals surface area contributed by atoms with Gasteiger partial charge in [-0.05, 0) is 46.6 Å². The number of hydrogen-bond donors (Lipinski definition) is 1. The van der Waals surface area contributed by atoms with Gasteiger partial charge in [-0.2, -0.15) is 0 Å². The minimum Gasteiger partial charge on any atom is -0.363 e. The van der Waals surface area contributed by atoms with Crippen LogP contribution in [0.4, 0.5) is 11.5 Å². The van der Waals surface area contributed by atoms with E-state index in [0.717, 1.165) is 15.9 Å². The highest BCUT2D eigenvalue weighted by molar-refractivity contribution is 9.10. The number of anilines is 2. The van der Waals surface area contributed by atoms with Crippen molar-refractivity contribution >= 4 is 33.3 Å². The summed E-state index contributed by atoms with van der Waals surface area (Å²) in [6, 6.07) is 9.30. The summed E-state index contributed by atoms with van der Waals surface area (Å²) in [5.74, 6) is 0.694. The Labute approximate surface area is 127 Å². The summed E-state index contributed by atoms with van der Waals surface area (Å²) < 4.78 is 0.815. The van der Waals surface area contributed by atoms with Crippen molar-refractivity contribution < 1.29 is 4.79 Å². The van der Waals surface area contributed by atoms with Crippen LogP contribution in [-0.4, -0.2) is 25.0 Å². The van der Waals surface area contributed by atoms with Crippen LogP contribution >= 0.6 is 15.9 Å². The first-order valence-corrected chi connectivity index (χ1v) is 6.98. The Morgan fingerprint density at radius 1 is 1.25 bits per heavy atom. The molecule has 0 spiro atoms. The lowest BCUT2D eigenvalue weighted by Crippen LogP contribution is -2.14. The van der Waals surface area contributed by atoms with Gasteiger partial charge in [0, 0.05) is 18.6 Å². The van der Waals surface area contributed by atoms with E-state index in [1.165, 1.54) is 0 Å². The molecule has 0 atom stereocenters. The molecule has 0 saturated heterocycles. The van der Waals surface area contributed by atoms with Gasteiger partial charge in [0.2, 0.25) is 0 Å². The summed E-state index contributed by atoms with van der Waals surface area (Å²) in [7, 11) is 3.84. The largest absolute Gasteiger partial charge is 0.363 e. The summed E-state index contributed by atoms with van der Waals surface area (Å²) in [6.45, 7) is 1.95. The third-order valence-corrected chi connectivity index (χ3v) is 3.95. The maximum Gasteiger partial charge on any atom is 0.256 e. The van der Waals surface area contributed by atoms with E-state index in [9.17, 15) is 4.79 Å². The first-order chi connectivity index (χ1) is 9.49. The summed E-state index contributed by atoms with van der Waals surface area (Å²) in [4.78, 5) is 18.4. The monoisotopic (exact) mass is 333 g/mol. The summed E-state index contributed by atoms with van der Waals surface area (Å²) in [6.07, 6.45) is 1.65. The zero-order valence-electron chi connectivity index (χ0n) is 11.6. The standard InChI is InChI=1S/C15H16BrN3O/c1-10-5-4-6-12(14(10)16)15(20)18-11-7-8-13(17-9-11)19(2)3/h4-9H,1-3H3,(H,18,20). The SMILES string of the molecule is Cc1cccc(C(=O)Nc2ccc(N(C)C)nc2)c1Br. The molecule has 0 radical (unpaired) electrons. The highest BCUT2D eigenvalue weighted by Gasteiger charge is 2.11. The number of carbonyl (C=O) groups is 1. The van der Waals surface area contributed by atoms with Crippen molar-refractivity contribution in [2.24, 2.45) is 0 Å². The third kappa shape index (κ3) is 3.17. The summed E-state index contributed by atoms with van der Waals surface area (Å²) in [5.41, 5.74) is 2.31. The lowest BCUT2D eigenvalue weighted by Gasteiger charge is -2.12. The molecule has 5 heteroatoms. The number of amides is 1. The maximum atomic E-state index is 12.2. The second-order valence-electron chi connectivity index (χ2n) is 4.69. The molecule has 0 unspecified atom stereocenters. The lowest BCUT2D eigenvalue weighted by atomic mass is 10.1. The maximum absolute atomic E-state index is 12.2. The van der Waals surface area contributed by atoms with Gasteiger partial charge in [0.1, 0.15) is 5.82 Å². The van der Waals surface area contributed by atoms with E-state index in [4.69, 9.17) is 0 Å². The number of aryl methyl sites for hydroxylation is 1. The predicted molar refractivity (Wildman–Crippen MR) is 85.4 cm³/mol. The van der Waals surface area contributed by atoms with Gasteiger partial charge in [-0.15, -0.1) is 0 Å². The molecular formula is C15H16BrN3O. The molecule has 1 amide bonds. The van der Waals surface area contributed by atoms with Gasteiger partial charge >= 0.3 is 0 Å². The van der Waals surface area contributed by atoms with E-state index in [2.05, 4.69) is 26.2 Å². The van der Waals surface area contributed by atoms with Crippen molar-refractivity contribution in [3.63, 3.8) is 0 Å². The fourth-order valence-electron chi connectivity index (χ4n) is 1.75. The van der Waals surface area contributed by atoms with Crippen molar-refractivity contribution in [1.82, 2.24) is 4.98 Å². The predicted octanol–water partition coefficient (Wildman–Crippen LogP) is 3.47. The molecule has 0 saturated carbocycles. The smallest absolute Gasteiger partial charge is 0.256 e. The van der Waals surface area contributed by atoms with E-state index in [-0.39, 0.29) is 5.91 Å². The Kier molecular flexibility index (Phi) is 4.39. The van der Waals surface area contributed by atoms with Crippen LogP contribution in [-0.2, 0) is 0 Å². The van der Waals surface area contributed by atoms with Crippen LogP contribution in [0.3, 0.4) is 0 Å². The molecule has 2 rings (SSSR count). The number of pyridine rings is 1. The van der Waals surface area contributed by atoms with Crippen LogP contribution in [0.5, 0.6) is 0 Å². The first kappa shape index (κ1) is 14.5. The average molecular weight is 334 g/mol. The normalized spacial score (nSPS) is 10.2. The van der Waals surface area contributed by atoms with Crippen LogP contribution < -0.4 is 10.2 Å². The fourth-order valence-corrected chi connectivity index (χ4v) is 2.19. The molecule has 104 valence electrons. The summed E-state index contributed by atoms with van der Waals surface area (Å²) >= 11 is 3.44. The Balaban J connectivity index is 2.17. The van der Waals surface area contributed by atoms with Gasteiger partial charge in [-0.1, -0.05) is 12.1 Å². The molecule has 0 aliphatic carbocycles. The lowest BCUT2D eigenvalue weighted by molar-refractivity contribution is 0.102. The number of nitrogens with zero attached hydrogens (tertiary/aromatic N) is 2. The fraction of sp³-hybridized carbons (Fsp3) is 0.200. The molecule has 0 fully saturated rings. The molecule has 1 heterocycles. The Bertz CT molecular complexity index is 624. The van der Waals surface area contributed by atoms with Crippen molar-refractivity contribution in [2.45, 2.75) is 6.92 Å². The van der Waals surface area contributed by atoms with Gasteiger partial charge in [0.25, 0.3) is 5.91 Å². The van der Waals surface area contributed by atoms with Gasteiger partial charge in [-0.25, -0.2) is 4.98 Å². The van der Waals surface area contributed by atoms with Crippen molar-refractivity contribution in [3.8, 4) is 0 Å². The molecule has 0 bridgehead atoms. The van der Waals surface area contributed by atoms with E-state index in [1.807, 2.05) is 50.2 Å².